The van der Waals surface area contributed by atoms with Crippen LogP contribution in [0.15, 0.2) is 72.3 Å². The van der Waals surface area contributed by atoms with E-state index in [9.17, 15) is 13.2 Å². The molecule has 0 bridgehead atoms. The van der Waals surface area contributed by atoms with Crippen LogP contribution in [0.5, 0.6) is 23.0 Å². The molecule has 0 unspecified atom stereocenters. The second-order valence-electron chi connectivity index (χ2n) is 7.62. The second-order valence-corrected chi connectivity index (χ2v) is 9.50. The average Bonchev–Trinajstić information content (AvgIpc) is 2.91. The minimum atomic E-state index is -3.73. The number of nitrogens with one attached hydrogen (secondary N) is 1. The van der Waals surface area contributed by atoms with Crippen molar-refractivity contribution in [3.63, 3.8) is 0 Å². The van der Waals surface area contributed by atoms with Crippen LogP contribution in [0.4, 0.5) is 5.82 Å². The fourth-order valence-electron chi connectivity index (χ4n) is 3.35. The molecule has 2 aromatic carbocycles. The van der Waals surface area contributed by atoms with Gasteiger partial charge in [-0.1, -0.05) is 30.3 Å². The van der Waals surface area contributed by atoms with E-state index < -0.39 is 9.84 Å². The number of anilines is 1. The molecule has 0 aliphatic rings. The van der Waals surface area contributed by atoms with Crippen LogP contribution in [-0.2, 0) is 15.6 Å². The number of sulfone groups is 1. The smallest absolute Gasteiger partial charge is 0.187 e. The van der Waals surface area contributed by atoms with Crippen LogP contribution in [0.1, 0.15) is 21.6 Å². The molecule has 0 fully saturated rings. The Balaban J connectivity index is 1.79. The van der Waals surface area contributed by atoms with Crippen molar-refractivity contribution in [1.29, 1.82) is 0 Å². The van der Waals surface area contributed by atoms with Crippen molar-refractivity contribution in [3.8, 4) is 23.0 Å². The zero-order chi connectivity index (χ0) is 26.8. The monoisotopic (exact) mass is 524 g/mol. The zero-order valence-electron chi connectivity index (χ0n) is 20.9. The number of allylic oxidation sites excluding steroid dienone is 1. The van der Waals surface area contributed by atoms with E-state index in [4.69, 9.17) is 18.9 Å². The van der Waals surface area contributed by atoms with E-state index in [1.807, 2.05) is 6.07 Å². The first-order valence-corrected chi connectivity index (χ1v) is 12.8. The quantitative estimate of drug-likeness (QED) is 0.270. The molecule has 37 heavy (non-hydrogen) atoms. The fourth-order valence-corrected chi connectivity index (χ4v) is 4.37. The maximum absolute atomic E-state index is 12.9. The maximum Gasteiger partial charge on any atom is 0.187 e. The second kappa shape index (κ2) is 12.6. The highest BCUT2D eigenvalue weighted by molar-refractivity contribution is 7.93. The van der Waals surface area contributed by atoms with Crippen LogP contribution in [0, 0.1) is 0 Å². The van der Waals surface area contributed by atoms with Crippen LogP contribution in [-0.4, -0.2) is 47.6 Å². The predicted molar refractivity (Wildman–Crippen MR) is 142 cm³/mol. The van der Waals surface area contributed by atoms with Gasteiger partial charge in [-0.25, -0.2) is 13.4 Å². The van der Waals surface area contributed by atoms with Crippen molar-refractivity contribution in [1.82, 2.24) is 4.98 Å². The van der Waals surface area contributed by atoms with E-state index in [2.05, 4.69) is 10.3 Å². The number of benzene rings is 2. The Morgan fingerprint density at radius 1 is 0.892 bits per heavy atom. The number of methoxy groups -OCH3 is 4. The Morgan fingerprint density at radius 3 is 2.14 bits per heavy atom. The molecule has 194 valence electrons. The molecular weight excluding hydrogens is 496 g/mol. The van der Waals surface area contributed by atoms with Gasteiger partial charge in [-0.2, -0.15) is 0 Å². The highest BCUT2D eigenvalue weighted by atomic mass is 32.2. The summed E-state index contributed by atoms with van der Waals surface area (Å²) in [5, 5.41) is 3.98. The topological polar surface area (TPSA) is 113 Å². The molecule has 1 N–H and O–H groups in total. The summed E-state index contributed by atoms with van der Waals surface area (Å²) in [6.45, 7) is 0. The van der Waals surface area contributed by atoms with Gasteiger partial charge in [0.15, 0.2) is 27.2 Å². The highest BCUT2D eigenvalue weighted by Gasteiger charge is 2.15. The molecule has 0 saturated carbocycles. The molecule has 3 rings (SSSR count). The first-order valence-electron chi connectivity index (χ1n) is 11.1. The maximum atomic E-state index is 12.9. The summed E-state index contributed by atoms with van der Waals surface area (Å²) in [5.41, 5.74) is 1.27. The van der Waals surface area contributed by atoms with Gasteiger partial charge >= 0.3 is 0 Å². The minimum absolute atomic E-state index is 0.194. The number of carbonyl (C=O) groups is 1. The van der Waals surface area contributed by atoms with Crippen molar-refractivity contribution < 1.29 is 32.2 Å². The van der Waals surface area contributed by atoms with Crippen LogP contribution in [0.25, 0.3) is 6.08 Å². The predicted octanol–water partition coefficient (Wildman–Crippen LogP) is 4.51. The van der Waals surface area contributed by atoms with E-state index in [0.29, 0.717) is 34.1 Å². The number of carbonyl (C=O) groups excluding carboxylic acids is 1. The number of rotatable bonds is 12. The molecule has 0 aliphatic carbocycles. The van der Waals surface area contributed by atoms with E-state index >= 15 is 0 Å². The summed E-state index contributed by atoms with van der Waals surface area (Å²) in [6, 6.07) is 15.2. The lowest BCUT2D eigenvalue weighted by atomic mass is 10.1. The van der Waals surface area contributed by atoms with Crippen molar-refractivity contribution in [3.05, 3.63) is 89.1 Å². The SMILES string of the molecule is COc1cc(OC)c(/C=C/S(=O)(=O)Cc2ccc(OC)c(N/C=C/C(=O)c3ccccc3)n2)c(OC)c1. The molecule has 0 saturated heterocycles. The lowest BCUT2D eigenvalue weighted by molar-refractivity contribution is 0.104. The number of aromatic nitrogens is 1. The lowest BCUT2D eigenvalue weighted by Gasteiger charge is -2.12. The Kier molecular flexibility index (Phi) is 9.28. The molecule has 10 heteroatoms. The van der Waals surface area contributed by atoms with Crippen molar-refractivity contribution in [2.45, 2.75) is 5.75 Å². The van der Waals surface area contributed by atoms with Gasteiger partial charge in [0.2, 0.25) is 0 Å². The van der Waals surface area contributed by atoms with Crippen LogP contribution >= 0.6 is 0 Å². The molecule has 9 nitrogen and oxygen atoms in total. The highest BCUT2D eigenvalue weighted by Crippen LogP contribution is 2.35. The fraction of sp³-hybridized carbons (Fsp3) is 0.185. The summed E-state index contributed by atoms with van der Waals surface area (Å²) in [4.78, 5) is 16.6. The average molecular weight is 525 g/mol. The van der Waals surface area contributed by atoms with E-state index in [0.717, 1.165) is 5.41 Å². The third kappa shape index (κ3) is 7.34. The van der Waals surface area contributed by atoms with Gasteiger partial charge in [0.25, 0.3) is 0 Å². The molecule has 0 aliphatic heterocycles. The molecule has 0 spiro atoms. The summed E-state index contributed by atoms with van der Waals surface area (Å²) in [5.74, 6) is 1.41. The van der Waals surface area contributed by atoms with E-state index in [1.54, 1.807) is 48.5 Å². The molecule has 0 atom stereocenters. The normalized spacial score (nSPS) is 11.5. The summed E-state index contributed by atoms with van der Waals surface area (Å²) in [6.07, 6.45) is 4.20. The number of ketones is 1. The van der Waals surface area contributed by atoms with Crippen LogP contribution < -0.4 is 24.3 Å². The standard InChI is InChI=1S/C27H28N2O7S/c1-33-21-16-25(35-3)22(26(17-21)36-4)13-15-37(31,32)18-20-10-11-24(34-2)27(29-20)28-14-12-23(30)19-8-6-5-7-9-19/h5-17H,18H2,1-4H3,(H,28,29)/b14-12+,15-13+. The molecule has 0 radical (unpaired) electrons. The zero-order valence-corrected chi connectivity index (χ0v) is 21.7. The Labute approximate surface area is 216 Å². The Hall–Kier alpha value is -4.31. The van der Waals surface area contributed by atoms with Crippen LogP contribution in [0.2, 0.25) is 0 Å². The van der Waals surface area contributed by atoms with Crippen molar-refractivity contribution in [2.75, 3.05) is 33.8 Å². The minimum Gasteiger partial charge on any atom is -0.496 e. The summed E-state index contributed by atoms with van der Waals surface area (Å²) < 4.78 is 47.0. The third-order valence-electron chi connectivity index (χ3n) is 5.19. The van der Waals surface area contributed by atoms with Crippen LogP contribution in [0.3, 0.4) is 0 Å². The van der Waals surface area contributed by atoms with Gasteiger partial charge in [-0.15, -0.1) is 0 Å². The van der Waals surface area contributed by atoms with Gasteiger partial charge in [-0.05, 0) is 18.2 Å². The van der Waals surface area contributed by atoms with Crippen molar-refractivity contribution >= 4 is 27.5 Å². The summed E-state index contributed by atoms with van der Waals surface area (Å²) >= 11 is 0. The van der Waals surface area contributed by atoms with E-state index in [1.165, 1.54) is 46.8 Å². The molecule has 0 amide bonds. The van der Waals surface area contributed by atoms with Gasteiger partial charge in [0.1, 0.15) is 17.2 Å². The number of nitrogens with zero attached hydrogens (tertiary/aromatic N) is 1. The first kappa shape index (κ1) is 27.3. The van der Waals surface area contributed by atoms with Gasteiger partial charge in [-0.3, -0.25) is 4.79 Å². The molecule has 1 heterocycles. The largest absolute Gasteiger partial charge is 0.496 e. The van der Waals surface area contributed by atoms with E-state index in [-0.39, 0.29) is 23.0 Å². The van der Waals surface area contributed by atoms with Gasteiger partial charge < -0.3 is 24.3 Å². The number of hydrogen-bond donors (Lipinski definition) is 1. The van der Waals surface area contributed by atoms with Gasteiger partial charge in [0.05, 0.1) is 45.4 Å². The molecule has 3 aromatic rings. The first-order chi connectivity index (χ1) is 17.8. The number of hydrogen-bond acceptors (Lipinski definition) is 9. The van der Waals surface area contributed by atoms with Gasteiger partial charge in [0, 0.05) is 35.4 Å². The number of pyridine rings is 1. The molecule has 1 aromatic heterocycles. The lowest BCUT2D eigenvalue weighted by Crippen LogP contribution is -2.05. The Bertz CT molecular complexity index is 1380. The number of ether oxygens (including phenoxy) is 4. The third-order valence-corrected chi connectivity index (χ3v) is 6.44. The van der Waals surface area contributed by atoms with Crippen molar-refractivity contribution in [2.24, 2.45) is 0 Å². The molecular formula is C27H28N2O7S. The Morgan fingerprint density at radius 2 is 1.54 bits per heavy atom. The summed E-state index contributed by atoms with van der Waals surface area (Å²) in [7, 11) is 2.19.